The van der Waals surface area contributed by atoms with Gasteiger partial charge in [0.25, 0.3) is 0 Å². The summed E-state index contributed by atoms with van der Waals surface area (Å²) in [6, 6.07) is 6.24. The molecule has 1 aliphatic carbocycles. The van der Waals surface area contributed by atoms with Gasteiger partial charge in [-0.2, -0.15) is 0 Å². The van der Waals surface area contributed by atoms with Crippen molar-refractivity contribution in [3.8, 4) is 0 Å². The zero-order chi connectivity index (χ0) is 16.3. The van der Waals surface area contributed by atoms with E-state index in [1.54, 1.807) is 24.3 Å². The molecular weight excluding hydrogens is 306 g/mol. The van der Waals surface area contributed by atoms with Gasteiger partial charge in [0.2, 0.25) is 11.6 Å². The topological polar surface area (TPSA) is 72.5 Å². The molecule has 0 fully saturated rings. The number of ether oxygens (including phenoxy) is 1. The molecule has 0 saturated heterocycles. The number of ketones is 2. The van der Waals surface area contributed by atoms with Crippen LogP contribution in [0.2, 0.25) is 0 Å². The highest BCUT2D eigenvalue weighted by Crippen LogP contribution is 2.27. The van der Waals surface area contributed by atoms with E-state index in [9.17, 15) is 14.4 Å². The van der Waals surface area contributed by atoms with Crippen LogP contribution in [0.15, 0.2) is 35.0 Å². The summed E-state index contributed by atoms with van der Waals surface area (Å²) in [5, 5.41) is 2.80. The van der Waals surface area contributed by atoms with Crippen LogP contribution in [0.4, 0.5) is 0 Å². The first kappa shape index (κ1) is 16.2. The number of rotatable bonds is 5. The van der Waals surface area contributed by atoms with Crippen LogP contribution in [0, 0.1) is 0 Å². The second kappa shape index (κ2) is 6.75. The molecule has 0 bridgehead atoms. The predicted octanol–water partition coefficient (Wildman–Crippen LogP) is 2.45. The number of hydrogen-bond acceptors (Lipinski definition) is 5. The lowest BCUT2D eigenvalue weighted by molar-refractivity contribution is -0.141. The lowest BCUT2D eigenvalue weighted by Gasteiger charge is -2.23. The fourth-order valence-corrected chi connectivity index (χ4v) is 2.40. The molecule has 1 aromatic carbocycles. The predicted molar refractivity (Wildman–Crippen MR) is 81.8 cm³/mol. The summed E-state index contributed by atoms with van der Waals surface area (Å²) < 4.78 is 4.94. The fourth-order valence-electron chi connectivity index (χ4n) is 2.16. The number of benzene rings is 1. The summed E-state index contributed by atoms with van der Waals surface area (Å²) in [5.41, 5.74) is 0.683. The van der Waals surface area contributed by atoms with Crippen molar-refractivity contribution in [3.05, 3.63) is 46.1 Å². The minimum atomic E-state index is -0.406. The van der Waals surface area contributed by atoms with Gasteiger partial charge in [-0.25, -0.2) is 0 Å². The molecule has 0 aliphatic heterocycles. The SMILES string of the molecule is CC[C@@H](COC(C)=O)NC1=C(Cl)C(=O)c2ccccc2C1=O. The molecule has 0 radical (unpaired) electrons. The highest BCUT2D eigenvalue weighted by atomic mass is 35.5. The molecule has 0 saturated carbocycles. The quantitative estimate of drug-likeness (QED) is 0.843. The molecule has 1 N–H and O–H groups in total. The highest BCUT2D eigenvalue weighted by Gasteiger charge is 2.32. The Kier molecular flexibility index (Phi) is 4.98. The number of halogens is 1. The Morgan fingerprint density at radius 3 is 2.36 bits per heavy atom. The van der Waals surface area contributed by atoms with Crippen LogP contribution in [-0.2, 0) is 9.53 Å². The van der Waals surface area contributed by atoms with Crippen LogP contribution < -0.4 is 5.32 Å². The number of esters is 1. The van der Waals surface area contributed by atoms with Crippen LogP contribution >= 0.6 is 11.6 Å². The second-order valence-electron chi connectivity index (χ2n) is 4.94. The fraction of sp³-hybridized carbons (Fsp3) is 0.312. The Bertz CT molecular complexity index is 666. The van der Waals surface area contributed by atoms with E-state index in [4.69, 9.17) is 16.3 Å². The largest absolute Gasteiger partial charge is 0.464 e. The third kappa shape index (κ3) is 3.20. The van der Waals surface area contributed by atoms with Crippen molar-refractivity contribution in [3.63, 3.8) is 0 Å². The van der Waals surface area contributed by atoms with E-state index >= 15 is 0 Å². The van der Waals surface area contributed by atoms with Gasteiger partial charge in [-0.3, -0.25) is 14.4 Å². The van der Waals surface area contributed by atoms with Crippen molar-refractivity contribution in [2.75, 3.05) is 6.61 Å². The monoisotopic (exact) mass is 321 g/mol. The van der Waals surface area contributed by atoms with E-state index in [1.165, 1.54) is 6.92 Å². The first-order valence-electron chi connectivity index (χ1n) is 6.93. The molecule has 0 unspecified atom stereocenters. The summed E-state index contributed by atoms with van der Waals surface area (Å²) in [7, 11) is 0. The van der Waals surface area contributed by atoms with Gasteiger partial charge in [-0.05, 0) is 6.42 Å². The highest BCUT2D eigenvalue weighted by molar-refractivity contribution is 6.49. The average Bonchev–Trinajstić information content (AvgIpc) is 2.52. The maximum absolute atomic E-state index is 12.5. The molecule has 116 valence electrons. The Morgan fingerprint density at radius 1 is 1.23 bits per heavy atom. The van der Waals surface area contributed by atoms with Crippen molar-refractivity contribution in [1.29, 1.82) is 0 Å². The summed E-state index contributed by atoms with van der Waals surface area (Å²) in [4.78, 5) is 35.6. The zero-order valence-electron chi connectivity index (χ0n) is 12.3. The number of Topliss-reactive ketones (excluding diaryl/α,β-unsaturated/α-hetero) is 2. The van der Waals surface area contributed by atoms with Crippen LogP contribution in [-0.4, -0.2) is 30.2 Å². The molecule has 0 heterocycles. The summed E-state index contributed by atoms with van der Waals surface area (Å²) in [5.74, 6) is -1.13. The summed E-state index contributed by atoms with van der Waals surface area (Å²) >= 11 is 6.06. The van der Waals surface area contributed by atoms with Gasteiger partial charge in [0.15, 0.2) is 0 Å². The molecule has 5 nitrogen and oxygen atoms in total. The maximum Gasteiger partial charge on any atom is 0.302 e. The number of nitrogens with one attached hydrogen (secondary N) is 1. The smallest absolute Gasteiger partial charge is 0.302 e. The first-order chi connectivity index (χ1) is 10.5. The molecule has 1 aromatic rings. The van der Waals surface area contributed by atoms with E-state index in [1.807, 2.05) is 6.92 Å². The summed E-state index contributed by atoms with van der Waals surface area (Å²) in [6.45, 7) is 3.28. The maximum atomic E-state index is 12.5. The van der Waals surface area contributed by atoms with E-state index in [2.05, 4.69) is 5.32 Å². The van der Waals surface area contributed by atoms with Gasteiger partial charge in [0.05, 0.1) is 6.04 Å². The molecule has 0 spiro atoms. The molecule has 2 rings (SSSR count). The van der Waals surface area contributed by atoms with Gasteiger partial charge in [0, 0.05) is 18.1 Å². The molecule has 0 amide bonds. The van der Waals surface area contributed by atoms with Crippen LogP contribution in [0.25, 0.3) is 0 Å². The van der Waals surface area contributed by atoms with Crippen LogP contribution in [0.5, 0.6) is 0 Å². The Labute approximate surface area is 133 Å². The number of carbonyl (C=O) groups excluding carboxylic acids is 3. The lowest BCUT2D eigenvalue weighted by Crippen LogP contribution is -2.38. The van der Waals surface area contributed by atoms with Crippen molar-refractivity contribution in [1.82, 2.24) is 5.32 Å². The Hall–Kier alpha value is -2.14. The molecule has 6 heteroatoms. The number of fused-ring (bicyclic) bond motifs is 1. The van der Waals surface area contributed by atoms with E-state index in [0.717, 1.165) is 0 Å². The minimum absolute atomic E-state index is 0.0596. The van der Waals surface area contributed by atoms with Gasteiger partial charge in [0.1, 0.15) is 17.3 Å². The van der Waals surface area contributed by atoms with Crippen LogP contribution in [0.3, 0.4) is 0 Å². The Morgan fingerprint density at radius 2 is 1.82 bits per heavy atom. The zero-order valence-corrected chi connectivity index (χ0v) is 13.1. The standard InChI is InChI=1S/C16H16ClNO4/c1-3-10(8-22-9(2)19)18-14-13(17)15(20)11-6-4-5-7-12(11)16(14)21/h4-7,10,18H,3,8H2,1-2H3/t10-/m0/s1. The number of carbonyl (C=O) groups is 3. The molecule has 1 atom stereocenters. The van der Waals surface area contributed by atoms with E-state index in [-0.39, 0.29) is 34.9 Å². The van der Waals surface area contributed by atoms with Gasteiger partial charge in [-0.1, -0.05) is 42.8 Å². The summed E-state index contributed by atoms with van der Waals surface area (Å²) in [6.07, 6.45) is 0.601. The molecule has 22 heavy (non-hydrogen) atoms. The van der Waals surface area contributed by atoms with E-state index < -0.39 is 5.97 Å². The van der Waals surface area contributed by atoms with Gasteiger partial charge in [-0.15, -0.1) is 0 Å². The minimum Gasteiger partial charge on any atom is -0.464 e. The Balaban J connectivity index is 2.27. The van der Waals surface area contributed by atoms with E-state index in [0.29, 0.717) is 17.5 Å². The second-order valence-corrected chi connectivity index (χ2v) is 5.32. The lowest BCUT2D eigenvalue weighted by atomic mass is 9.92. The van der Waals surface area contributed by atoms with Gasteiger partial charge < -0.3 is 10.1 Å². The number of allylic oxidation sites excluding steroid dienone is 2. The van der Waals surface area contributed by atoms with Crippen molar-refractivity contribution >= 4 is 29.1 Å². The van der Waals surface area contributed by atoms with Crippen molar-refractivity contribution in [2.45, 2.75) is 26.3 Å². The molecule has 1 aliphatic rings. The third-order valence-corrected chi connectivity index (χ3v) is 3.75. The molecular formula is C16H16ClNO4. The average molecular weight is 322 g/mol. The number of hydrogen-bond donors (Lipinski definition) is 1. The first-order valence-corrected chi connectivity index (χ1v) is 7.31. The van der Waals surface area contributed by atoms with Crippen LogP contribution in [0.1, 0.15) is 41.0 Å². The normalized spacial score (nSPS) is 15.4. The molecule has 0 aromatic heterocycles. The third-order valence-electron chi connectivity index (χ3n) is 3.39. The van der Waals surface area contributed by atoms with Crippen molar-refractivity contribution in [2.24, 2.45) is 0 Å². The van der Waals surface area contributed by atoms with Gasteiger partial charge >= 0.3 is 5.97 Å². The van der Waals surface area contributed by atoms with Crippen molar-refractivity contribution < 1.29 is 19.1 Å².